The van der Waals surface area contributed by atoms with Gasteiger partial charge in [0.15, 0.2) is 0 Å². The Bertz CT molecular complexity index is 1380. The van der Waals surface area contributed by atoms with E-state index in [-0.39, 0.29) is 47.7 Å². The lowest BCUT2D eigenvalue weighted by Gasteiger charge is -2.14. The fourth-order valence-corrected chi connectivity index (χ4v) is 4.58. The topological polar surface area (TPSA) is 120 Å². The van der Waals surface area contributed by atoms with Crippen molar-refractivity contribution in [1.82, 2.24) is 29.4 Å². The van der Waals surface area contributed by atoms with Gasteiger partial charge in [-0.15, -0.1) is 5.10 Å². The number of rotatable bonds is 8. The first-order valence-electron chi connectivity index (χ1n) is 12.5. The summed E-state index contributed by atoms with van der Waals surface area (Å²) in [6, 6.07) is 4.84. The van der Waals surface area contributed by atoms with Gasteiger partial charge in [-0.05, 0) is 50.3 Å². The van der Waals surface area contributed by atoms with Gasteiger partial charge in [-0.2, -0.15) is 0 Å². The predicted octanol–water partition coefficient (Wildman–Crippen LogP) is 2.05. The fourth-order valence-electron chi connectivity index (χ4n) is 4.58. The second kappa shape index (κ2) is 10.1. The highest BCUT2D eigenvalue weighted by Gasteiger charge is 2.22. The Morgan fingerprint density at radius 1 is 1.14 bits per heavy atom. The predicted molar refractivity (Wildman–Crippen MR) is 134 cm³/mol. The summed E-state index contributed by atoms with van der Waals surface area (Å²) in [5, 5.41) is 10.6. The van der Waals surface area contributed by atoms with E-state index in [9.17, 15) is 19.2 Å². The van der Waals surface area contributed by atoms with E-state index in [1.165, 1.54) is 8.97 Å². The molecule has 35 heavy (non-hydrogen) atoms. The quantitative estimate of drug-likeness (QED) is 0.509. The molecule has 4 rings (SSSR count). The Kier molecular flexibility index (Phi) is 7.09. The molecule has 0 bridgehead atoms. The number of carbonyl (C=O) groups excluding carboxylic acids is 2. The molecule has 3 aromatic rings. The van der Waals surface area contributed by atoms with E-state index in [0.717, 1.165) is 36.8 Å². The van der Waals surface area contributed by atoms with E-state index in [1.807, 2.05) is 27.7 Å². The third kappa shape index (κ3) is 5.01. The summed E-state index contributed by atoms with van der Waals surface area (Å²) in [4.78, 5) is 52.2. The van der Waals surface area contributed by atoms with Crippen molar-refractivity contribution in [2.45, 2.75) is 85.0 Å². The van der Waals surface area contributed by atoms with E-state index in [0.29, 0.717) is 23.0 Å². The first-order valence-corrected chi connectivity index (χ1v) is 12.5. The molecule has 10 heteroatoms. The highest BCUT2D eigenvalue weighted by atomic mass is 16.2. The summed E-state index contributed by atoms with van der Waals surface area (Å²) >= 11 is 0. The molecule has 0 radical (unpaired) electrons. The maximum Gasteiger partial charge on any atom is 0.352 e. The minimum Gasteiger partial charge on any atom is -0.352 e. The zero-order valence-electron chi connectivity index (χ0n) is 20.8. The zero-order valence-corrected chi connectivity index (χ0v) is 20.8. The molecule has 1 atom stereocenters. The van der Waals surface area contributed by atoms with Crippen LogP contribution in [0.2, 0.25) is 0 Å². The summed E-state index contributed by atoms with van der Waals surface area (Å²) in [5.41, 5.74) is -0.167. The van der Waals surface area contributed by atoms with Crippen molar-refractivity contribution in [3.05, 3.63) is 44.6 Å². The monoisotopic (exact) mass is 482 g/mol. The second-order valence-corrected chi connectivity index (χ2v) is 9.95. The maximum atomic E-state index is 13.4. The molecule has 1 saturated carbocycles. The van der Waals surface area contributed by atoms with Crippen LogP contribution in [0.15, 0.2) is 27.8 Å². The van der Waals surface area contributed by atoms with Gasteiger partial charge in [-0.25, -0.2) is 13.9 Å². The molecule has 2 heterocycles. The maximum absolute atomic E-state index is 13.4. The van der Waals surface area contributed by atoms with Crippen molar-refractivity contribution < 1.29 is 9.59 Å². The first kappa shape index (κ1) is 24.7. The smallest absolute Gasteiger partial charge is 0.352 e. The summed E-state index contributed by atoms with van der Waals surface area (Å²) in [6.45, 7) is 7.96. The number of hydrogen-bond donors (Lipinski definition) is 2. The van der Waals surface area contributed by atoms with E-state index in [2.05, 4.69) is 15.7 Å². The van der Waals surface area contributed by atoms with Crippen LogP contribution in [0.5, 0.6) is 0 Å². The molecule has 0 aliphatic heterocycles. The molecule has 2 N–H and O–H groups in total. The lowest BCUT2D eigenvalue weighted by molar-refractivity contribution is -0.122. The highest BCUT2D eigenvalue weighted by molar-refractivity contribution is 5.98. The van der Waals surface area contributed by atoms with E-state index in [1.54, 1.807) is 18.2 Å². The van der Waals surface area contributed by atoms with Crippen LogP contribution in [0.3, 0.4) is 0 Å². The second-order valence-electron chi connectivity index (χ2n) is 9.95. The summed E-state index contributed by atoms with van der Waals surface area (Å²) in [7, 11) is 0. The number of aromatic nitrogens is 4. The molecule has 10 nitrogen and oxygen atoms in total. The standard InChI is InChI=1S/C25H34N6O4/c1-5-16(4)26-22(33)17-10-11-19-20(12-17)31-24(29(23(19)34)13-15(2)3)28-30(25(31)35)14-21(32)27-18-8-6-7-9-18/h10-12,15-16,18H,5-9,13-14H2,1-4H3,(H,26,33)(H,27,32). The van der Waals surface area contributed by atoms with Crippen LogP contribution < -0.4 is 21.9 Å². The Morgan fingerprint density at radius 2 is 1.86 bits per heavy atom. The zero-order chi connectivity index (χ0) is 25.3. The van der Waals surface area contributed by atoms with E-state index >= 15 is 0 Å². The number of nitrogens with one attached hydrogen (secondary N) is 2. The fraction of sp³-hybridized carbons (Fsp3) is 0.560. The van der Waals surface area contributed by atoms with Gasteiger partial charge in [0, 0.05) is 24.2 Å². The van der Waals surface area contributed by atoms with Crippen LogP contribution in [0, 0.1) is 5.92 Å². The molecule has 1 aliphatic rings. The third-order valence-electron chi connectivity index (χ3n) is 6.59. The van der Waals surface area contributed by atoms with Gasteiger partial charge in [0.05, 0.1) is 10.9 Å². The average Bonchev–Trinajstić information content (AvgIpc) is 3.43. The Labute approximate surface area is 203 Å². The Morgan fingerprint density at radius 3 is 2.51 bits per heavy atom. The molecule has 1 fully saturated rings. The van der Waals surface area contributed by atoms with Crippen LogP contribution in [0.4, 0.5) is 0 Å². The lowest BCUT2D eigenvalue weighted by atomic mass is 10.1. The van der Waals surface area contributed by atoms with Gasteiger partial charge in [0.2, 0.25) is 11.7 Å². The molecule has 188 valence electrons. The molecular weight excluding hydrogens is 448 g/mol. The normalized spacial score (nSPS) is 15.2. The third-order valence-corrected chi connectivity index (χ3v) is 6.59. The van der Waals surface area contributed by atoms with Crippen molar-refractivity contribution in [2.24, 2.45) is 5.92 Å². The molecule has 2 amide bonds. The molecular formula is C25H34N6O4. The largest absolute Gasteiger partial charge is 0.352 e. The number of carbonyl (C=O) groups is 2. The number of benzene rings is 1. The van der Waals surface area contributed by atoms with Crippen LogP contribution in [0.25, 0.3) is 16.7 Å². The highest BCUT2D eigenvalue weighted by Crippen LogP contribution is 2.18. The van der Waals surface area contributed by atoms with Crippen molar-refractivity contribution in [3.63, 3.8) is 0 Å². The summed E-state index contributed by atoms with van der Waals surface area (Å²) in [6.07, 6.45) is 4.82. The Hall–Kier alpha value is -3.43. The number of hydrogen-bond acceptors (Lipinski definition) is 5. The minimum absolute atomic E-state index is 0.0129. The molecule has 0 saturated heterocycles. The summed E-state index contributed by atoms with van der Waals surface area (Å²) < 4.78 is 3.90. The first-order chi connectivity index (χ1) is 16.7. The van der Waals surface area contributed by atoms with E-state index in [4.69, 9.17) is 0 Å². The molecule has 2 aromatic heterocycles. The molecule has 1 aliphatic carbocycles. The van der Waals surface area contributed by atoms with Crippen molar-refractivity contribution in [2.75, 3.05) is 0 Å². The SMILES string of the molecule is CCC(C)NC(=O)c1ccc2c(=O)n(CC(C)C)c3nn(CC(=O)NC4CCCC4)c(=O)n3c2c1. The number of amides is 2. The van der Waals surface area contributed by atoms with Gasteiger partial charge in [0.1, 0.15) is 6.54 Å². The van der Waals surface area contributed by atoms with Crippen LogP contribution >= 0.6 is 0 Å². The van der Waals surface area contributed by atoms with Crippen molar-refractivity contribution in [3.8, 4) is 0 Å². The Balaban J connectivity index is 1.83. The minimum atomic E-state index is -0.524. The van der Waals surface area contributed by atoms with E-state index < -0.39 is 5.69 Å². The van der Waals surface area contributed by atoms with Gasteiger partial charge in [-0.3, -0.25) is 19.0 Å². The molecule has 0 spiro atoms. The average molecular weight is 483 g/mol. The number of fused-ring (bicyclic) bond motifs is 3. The van der Waals surface area contributed by atoms with Gasteiger partial charge >= 0.3 is 5.69 Å². The van der Waals surface area contributed by atoms with Gasteiger partial charge in [-0.1, -0.05) is 33.6 Å². The van der Waals surface area contributed by atoms with Crippen LogP contribution in [0.1, 0.15) is 70.2 Å². The van der Waals surface area contributed by atoms with Crippen molar-refractivity contribution >= 4 is 28.5 Å². The molecule has 1 aromatic carbocycles. The van der Waals surface area contributed by atoms with Gasteiger partial charge in [0.25, 0.3) is 11.5 Å². The lowest BCUT2D eigenvalue weighted by Crippen LogP contribution is -2.37. The van der Waals surface area contributed by atoms with Gasteiger partial charge < -0.3 is 10.6 Å². The summed E-state index contributed by atoms with van der Waals surface area (Å²) in [5.74, 6) is -0.273. The van der Waals surface area contributed by atoms with Crippen LogP contribution in [-0.2, 0) is 17.9 Å². The number of nitrogens with zero attached hydrogens (tertiary/aromatic N) is 4. The van der Waals surface area contributed by atoms with Crippen molar-refractivity contribution in [1.29, 1.82) is 0 Å². The molecule has 1 unspecified atom stereocenters. The van der Waals surface area contributed by atoms with Crippen LogP contribution in [-0.4, -0.2) is 42.6 Å².